The minimum absolute atomic E-state index is 0.0306. The SMILES string of the molecule is CCOC(=O)N/N=C(\N)CN1CCO[C@H](O[C@H](C)c2cc(C(F)(F)F)cc(C(F)(F)F)c2)[C@@H]1c1ccc(F)cc1. The molecule has 0 aromatic heterocycles. The largest absolute Gasteiger partial charge is 0.449 e. The number of nitrogens with one attached hydrogen (secondary N) is 1. The first-order chi connectivity index (χ1) is 18.7. The molecular formula is C25H27F7N4O4. The third-order valence-corrected chi connectivity index (χ3v) is 5.87. The van der Waals surface area contributed by atoms with Crippen molar-refractivity contribution in [3.05, 3.63) is 70.5 Å². The summed E-state index contributed by atoms with van der Waals surface area (Å²) < 4.78 is 110. The van der Waals surface area contributed by atoms with Gasteiger partial charge in [0.15, 0.2) is 6.29 Å². The second kappa shape index (κ2) is 12.8. The van der Waals surface area contributed by atoms with E-state index in [-0.39, 0.29) is 43.8 Å². The quantitative estimate of drug-likeness (QED) is 0.189. The van der Waals surface area contributed by atoms with Crippen molar-refractivity contribution in [2.45, 2.75) is 44.6 Å². The Labute approximate surface area is 224 Å². The number of benzene rings is 2. The Hall–Kier alpha value is -3.43. The van der Waals surface area contributed by atoms with Crippen molar-refractivity contribution >= 4 is 11.9 Å². The predicted octanol–water partition coefficient (Wildman–Crippen LogP) is 5.36. The molecule has 220 valence electrons. The smallest absolute Gasteiger partial charge is 0.427 e. The van der Waals surface area contributed by atoms with Crippen LogP contribution in [-0.2, 0) is 26.6 Å². The molecule has 1 aliphatic heterocycles. The number of halogens is 7. The lowest BCUT2D eigenvalue weighted by Crippen LogP contribution is -2.49. The molecule has 2 aromatic carbocycles. The van der Waals surface area contributed by atoms with Gasteiger partial charge in [-0.3, -0.25) is 4.90 Å². The van der Waals surface area contributed by atoms with Gasteiger partial charge >= 0.3 is 18.4 Å². The summed E-state index contributed by atoms with van der Waals surface area (Å²) in [6.45, 7) is 3.22. The number of nitrogens with zero attached hydrogens (tertiary/aromatic N) is 2. The van der Waals surface area contributed by atoms with Crippen LogP contribution in [0.3, 0.4) is 0 Å². The number of rotatable bonds is 8. The summed E-state index contributed by atoms with van der Waals surface area (Å²) in [7, 11) is 0. The van der Waals surface area contributed by atoms with E-state index in [1.165, 1.54) is 31.2 Å². The van der Waals surface area contributed by atoms with Crippen molar-refractivity contribution in [1.29, 1.82) is 0 Å². The van der Waals surface area contributed by atoms with Crippen molar-refractivity contribution in [2.75, 3.05) is 26.3 Å². The van der Waals surface area contributed by atoms with E-state index in [0.717, 1.165) is 0 Å². The maximum Gasteiger partial charge on any atom is 0.427 e. The molecule has 1 saturated heterocycles. The summed E-state index contributed by atoms with van der Waals surface area (Å²) in [4.78, 5) is 13.2. The number of hydrogen-bond acceptors (Lipinski definition) is 6. The van der Waals surface area contributed by atoms with Crippen molar-refractivity contribution in [3.8, 4) is 0 Å². The summed E-state index contributed by atoms with van der Waals surface area (Å²) in [5.74, 6) is -0.595. The average Bonchev–Trinajstić information content (AvgIpc) is 2.87. The second-order valence-electron chi connectivity index (χ2n) is 8.76. The molecule has 15 heteroatoms. The topological polar surface area (TPSA) is 98.4 Å². The molecule has 0 saturated carbocycles. The van der Waals surface area contributed by atoms with Crippen LogP contribution in [0.4, 0.5) is 35.5 Å². The predicted molar refractivity (Wildman–Crippen MR) is 128 cm³/mol. The van der Waals surface area contributed by atoms with Gasteiger partial charge in [-0.1, -0.05) is 12.1 Å². The van der Waals surface area contributed by atoms with Gasteiger partial charge in [-0.25, -0.2) is 14.6 Å². The van der Waals surface area contributed by atoms with Crippen LogP contribution in [0.1, 0.15) is 48.2 Å². The highest BCUT2D eigenvalue weighted by molar-refractivity contribution is 5.83. The molecule has 40 heavy (non-hydrogen) atoms. The summed E-state index contributed by atoms with van der Waals surface area (Å²) in [5, 5.41) is 3.75. The minimum Gasteiger partial charge on any atom is -0.449 e. The Morgan fingerprint density at radius 3 is 2.27 bits per heavy atom. The van der Waals surface area contributed by atoms with Gasteiger partial charge in [0, 0.05) is 6.54 Å². The van der Waals surface area contributed by atoms with Gasteiger partial charge in [0.1, 0.15) is 11.7 Å². The standard InChI is InChI=1S/C25H27F7N4O4/c1-3-38-23(37)35-34-20(33)13-36-8-9-39-22(21(36)15-4-6-19(26)7-5-15)40-14(2)16-10-17(24(27,28)29)12-18(11-16)25(30,31)32/h4-7,10-12,14,21-22H,3,8-9,13H2,1-2H3,(H2,33,34)(H,35,37)/t14-,21+,22-/m1/s1. The zero-order valence-corrected chi connectivity index (χ0v) is 21.4. The van der Waals surface area contributed by atoms with Gasteiger partial charge in [-0.2, -0.15) is 31.4 Å². The number of ether oxygens (including phenoxy) is 3. The molecule has 0 spiro atoms. The molecule has 2 aromatic rings. The van der Waals surface area contributed by atoms with E-state index < -0.39 is 53.8 Å². The number of amides is 1. The maximum atomic E-state index is 13.6. The molecule has 1 aliphatic rings. The molecule has 3 N–H and O–H groups in total. The fourth-order valence-electron chi connectivity index (χ4n) is 4.03. The summed E-state index contributed by atoms with van der Waals surface area (Å²) in [6, 6.07) is 5.56. The van der Waals surface area contributed by atoms with Crippen LogP contribution in [0.5, 0.6) is 0 Å². The number of carbonyl (C=O) groups excluding carboxylic acids is 1. The molecular weight excluding hydrogens is 553 g/mol. The molecule has 3 atom stereocenters. The molecule has 1 fully saturated rings. The van der Waals surface area contributed by atoms with Crippen molar-refractivity contribution in [1.82, 2.24) is 10.3 Å². The molecule has 0 aliphatic carbocycles. The lowest BCUT2D eigenvalue weighted by Gasteiger charge is -2.41. The van der Waals surface area contributed by atoms with Gasteiger partial charge in [-0.05, 0) is 55.3 Å². The summed E-state index contributed by atoms with van der Waals surface area (Å²) in [5.41, 5.74) is 5.19. The molecule has 0 bridgehead atoms. The monoisotopic (exact) mass is 580 g/mol. The number of nitrogens with two attached hydrogens (primary N) is 1. The van der Waals surface area contributed by atoms with Crippen LogP contribution >= 0.6 is 0 Å². The number of hydrogen-bond donors (Lipinski definition) is 2. The Bertz CT molecular complexity index is 1160. The molecule has 0 unspecified atom stereocenters. The zero-order valence-electron chi connectivity index (χ0n) is 21.4. The van der Waals surface area contributed by atoms with Gasteiger partial charge in [0.2, 0.25) is 0 Å². The number of carbonyl (C=O) groups is 1. The van der Waals surface area contributed by atoms with Gasteiger partial charge in [0.05, 0.1) is 43.0 Å². The van der Waals surface area contributed by atoms with E-state index in [0.29, 0.717) is 17.7 Å². The minimum atomic E-state index is -5.03. The summed E-state index contributed by atoms with van der Waals surface area (Å²) in [6.07, 6.45) is -13.4. The van der Waals surface area contributed by atoms with Gasteiger partial charge in [-0.15, -0.1) is 0 Å². The Morgan fingerprint density at radius 2 is 1.73 bits per heavy atom. The van der Waals surface area contributed by atoms with Gasteiger partial charge in [0.25, 0.3) is 0 Å². The molecule has 3 rings (SSSR count). The molecule has 1 amide bonds. The Balaban J connectivity index is 1.91. The normalized spacial score (nSPS) is 19.8. The Morgan fingerprint density at radius 1 is 1.12 bits per heavy atom. The molecule has 8 nitrogen and oxygen atoms in total. The fraction of sp³-hybridized carbons (Fsp3) is 0.440. The zero-order chi connectivity index (χ0) is 29.7. The first-order valence-corrected chi connectivity index (χ1v) is 12.0. The number of alkyl halides is 6. The van der Waals surface area contributed by atoms with E-state index in [9.17, 15) is 35.5 Å². The number of morpholine rings is 1. The number of amidine groups is 1. The molecule has 1 heterocycles. The van der Waals surface area contributed by atoms with Gasteiger partial charge < -0.3 is 19.9 Å². The van der Waals surface area contributed by atoms with Crippen LogP contribution in [0.2, 0.25) is 0 Å². The lowest BCUT2D eigenvalue weighted by molar-refractivity contribution is -0.227. The lowest BCUT2D eigenvalue weighted by atomic mass is 10.0. The highest BCUT2D eigenvalue weighted by Gasteiger charge is 2.39. The van der Waals surface area contributed by atoms with E-state index in [1.807, 2.05) is 0 Å². The first kappa shape index (κ1) is 31.1. The van der Waals surface area contributed by atoms with E-state index in [4.69, 9.17) is 19.9 Å². The maximum absolute atomic E-state index is 13.6. The third-order valence-electron chi connectivity index (χ3n) is 5.87. The van der Waals surface area contributed by atoms with Crippen molar-refractivity contribution in [3.63, 3.8) is 0 Å². The third kappa shape index (κ3) is 8.29. The van der Waals surface area contributed by atoms with Crippen LogP contribution < -0.4 is 11.2 Å². The fourth-order valence-corrected chi connectivity index (χ4v) is 4.03. The van der Waals surface area contributed by atoms with E-state index in [2.05, 4.69) is 10.5 Å². The van der Waals surface area contributed by atoms with Crippen LogP contribution in [0, 0.1) is 5.82 Å². The van der Waals surface area contributed by atoms with Crippen LogP contribution in [-0.4, -0.2) is 49.4 Å². The van der Waals surface area contributed by atoms with Crippen LogP contribution in [0.15, 0.2) is 47.6 Å². The summed E-state index contributed by atoms with van der Waals surface area (Å²) >= 11 is 0. The number of hydrazone groups is 1. The van der Waals surface area contributed by atoms with Crippen molar-refractivity contribution in [2.24, 2.45) is 10.8 Å². The first-order valence-electron chi connectivity index (χ1n) is 12.0. The van der Waals surface area contributed by atoms with Crippen molar-refractivity contribution < 1.29 is 49.7 Å². The van der Waals surface area contributed by atoms with E-state index >= 15 is 0 Å². The second-order valence-corrected chi connectivity index (χ2v) is 8.76. The van der Waals surface area contributed by atoms with E-state index in [1.54, 1.807) is 11.8 Å². The average molecular weight is 581 g/mol. The Kier molecular flexibility index (Phi) is 9.97. The van der Waals surface area contributed by atoms with Crippen LogP contribution in [0.25, 0.3) is 0 Å². The molecule has 0 radical (unpaired) electrons. The highest BCUT2D eigenvalue weighted by atomic mass is 19.4. The highest BCUT2D eigenvalue weighted by Crippen LogP contribution is 2.39.